The summed E-state index contributed by atoms with van der Waals surface area (Å²) < 4.78 is 0. The van der Waals surface area contributed by atoms with Gasteiger partial charge in [-0.05, 0) is 55.2 Å². The van der Waals surface area contributed by atoms with Crippen LogP contribution in [-0.4, -0.2) is 30.2 Å². The van der Waals surface area contributed by atoms with Crippen LogP contribution in [0.25, 0.3) is 6.08 Å². The number of likely N-dealkylation sites (tertiary alicyclic amines) is 1. The van der Waals surface area contributed by atoms with E-state index < -0.39 is 11.0 Å². The number of hydrogen-bond acceptors (Lipinski definition) is 3. The lowest BCUT2D eigenvalue weighted by molar-refractivity contribution is -0.144. The zero-order chi connectivity index (χ0) is 23.3. The van der Waals surface area contributed by atoms with Gasteiger partial charge in [-0.2, -0.15) is 0 Å². The quantitative estimate of drug-likeness (QED) is 0.535. The van der Waals surface area contributed by atoms with Crippen molar-refractivity contribution in [2.75, 3.05) is 18.9 Å². The van der Waals surface area contributed by atoms with Gasteiger partial charge < -0.3 is 5.32 Å². The summed E-state index contributed by atoms with van der Waals surface area (Å²) in [6, 6.07) is 28.2. The fourth-order valence-electron chi connectivity index (χ4n) is 6.94. The van der Waals surface area contributed by atoms with Crippen LogP contribution >= 0.6 is 0 Å². The third-order valence-corrected chi connectivity index (χ3v) is 8.22. The Labute approximate surface area is 200 Å². The number of allylic oxidation sites excluding steroid dienone is 1. The van der Waals surface area contributed by atoms with Gasteiger partial charge in [0, 0.05) is 23.7 Å². The van der Waals surface area contributed by atoms with Crippen LogP contribution in [0.5, 0.6) is 0 Å². The van der Waals surface area contributed by atoms with Crippen molar-refractivity contribution in [2.45, 2.75) is 30.7 Å². The van der Waals surface area contributed by atoms with E-state index in [1.165, 1.54) is 0 Å². The molecule has 3 atom stereocenters. The summed E-state index contributed by atoms with van der Waals surface area (Å²) in [4.78, 5) is 30.9. The lowest BCUT2D eigenvalue weighted by Gasteiger charge is -2.48. The van der Waals surface area contributed by atoms with Gasteiger partial charge in [0.15, 0.2) is 5.78 Å². The maximum absolute atomic E-state index is 14.7. The molecule has 3 aliphatic rings. The van der Waals surface area contributed by atoms with E-state index in [1.807, 2.05) is 85.9 Å². The van der Waals surface area contributed by atoms with Gasteiger partial charge in [-0.15, -0.1) is 0 Å². The first-order valence-electron chi connectivity index (χ1n) is 12.1. The van der Waals surface area contributed by atoms with Gasteiger partial charge in [0.2, 0.25) is 0 Å². The number of hydrogen-bond donors (Lipinski definition) is 1. The van der Waals surface area contributed by atoms with E-state index in [-0.39, 0.29) is 17.6 Å². The lowest BCUT2D eigenvalue weighted by atomic mass is 9.53. The monoisotopic (exact) mass is 448 g/mol. The Morgan fingerprint density at radius 2 is 1.59 bits per heavy atom. The molecule has 2 heterocycles. The maximum Gasteiger partial charge on any atom is 0.250 e. The number of likely N-dealkylation sites (N-methyl/N-ethyl adjacent to an activating group) is 1. The summed E-state index contributed by atoms with van der Waals surface area (Å²) in [6.07, 6.45) is 4.33. The zero-order valence-electron chi connectivity index (χ0n) is 19.3. The van der Waals surface area contributed by atoms with Crippen LogP contribution in [0.4, 0.5) is 5.69 Å². The third-order valence-electron chi connectivity index (χ3n) is 8.22. The van der Waals surface area contributed by atoms with Crippen molar-refractivity contribution < 1.29 is 9.59 Å². The Kier molecular flexibility index (Phi) is 4.82. The van der Waals surface area contributed by atoms with Crippen LogP contribution in [-0.2, 0) is 15.1 Å². The number of carbonyl (C=O) groups excluding carboxylic acids is 2. The van der Waals surface area contributed by atoms with Crippen molar-refractivity contribution in [3.8, 4) is 0 Å². The molecule has 170 valence electrons. The van der Waals surface area contributed by atoms with Crippen molar-refractivity contribution in [1.82, 2.24) is 4.90 Å². The first kappa shape index (κ1) is 21.1. The zero-order valence-corrected chi connectivity index (χ0v) is 19.3. The maximum atomic E-state index is 14.7. The molecular formula is C30H28N2O2. The van der Waals surface area contributed by atoms with E-state index in [9.17, 15) is 9.59 Å². The van der Waals surface area contributed by atoms with Crippen LogP contribution in [0.1, 0.15) is 41.9 Å². The molecule has 0 bridgehead atoms. The number of anilines is 1. The average Bonchev–Trinajstić information content (AvgIpc) is 3.31. The van der Waals surface area contributed by atoms with Gasteiger partial charge in [-0.25, -0.2) is 0 Å². The number of fused-ring (bicyclic) bond motifs is 3. The topological polar surface area (TPSA) is 49.4 Å². The molecule has 4 nitrogen and oxygen atoms in total. The molecule has 34 heavy (non-hydrogen) atoms. The van der Waals surface area contributed by atoms with Gasteiger partial charge in [-0.1, -0.05) is 78.9 Å². The van der Waals surface area contributed by atoms with E-state index in [2.05, 4.69) is 22.3 Å². The minimum atomic E-state index is -1.03. The number of nitrogens with one attached hydrogen (secondary N) is 1. The molecule has 2 fully saturated rings. The van der Waals surface area contributed by atoms with E-state index in [4.69, 9.17) is 0 Å². The summed E-state index contributed by atoms with van der Waals surface area (Å²) in [5.41, 5.74) is 2.81. The molecule has 3 aromatic carbocycles. The Balaban J connectivity index is 1.61. The highest BCUT2D eigenvalue weighted by atomic mass is 16.2. The van der Waals surface area contributed by atoms with E-state index in [0.29, 0.717) is 13.0 Å². The molecule has 0 unspecified atom stereocenters. The molecule has 1 amide bonds. The molecular weight excluding hydrogens is 420 g/mol. The van der Waals surface area contributed by atoms with Crippen LogP contribution < -0.4 is 5.32 Å². The summed E-state index contributed by atoms with van der Waals surface area (Å²) in [7, 11) is 2.01. The number of ketones is 1. The van der Waals surface area contributed by atoms with Crippen LogP contribution in [0.3, 0.4) is 0 Å². The normalized spacial score (nSPS) is 29.7. The van der Waals surface area contributed by atoms with Gasteiger partial charge in [0.1, 0.15) is 5.54 Å². The summed E-state index contributed by atoms with van der Waals surface area (Å²) in [5, 5.41) is 3.14. The van der Waals surface area contributed by atoms with Gasteiger partial charge in [0.05, 0.1) is 5.41 Å². The third kappa shape index (κ3) is 2.69. The molecule has 1 aliphatic carbocycles. The van der Waals surface area contributed by atoms with Crippen molar-refractivity contribution in [2.24, 2.45) is 5.41 Å². The predicted octanol–water partition coefficient (Wildman–Crippen LogP) is 5.39. The Bertz CT molecular complexity index is 1300. The number of para-hydroxylation sites is 1. The Morgan fingerprint density at radius 3 is 2.35 bits per heavy atom. The minimum Gasteiger partial charge on any atom is -0.324 e. The highest BCUT2D eigenvalue weighted by Gasteiger charge is 2.73. The number of Topliss-reactive ketones (excluding diaryl/α,β-unsaturated/α-hetero) is 1. The molecule has 0 aromatic heterocycles. The SMILES string of the molecule is CN1C[C@H](c2ccccc2)[C@]2(CCC/C(=C\c3ccccc3)C2=O)[C@]12C(=O)Nc1ccccc12. The number of nitrogens with zero attached hydrogens (tertiary/aromatic N) is 1. The summed E-state index contributed by atoms with van der Waals surface area (Å²) >= 11 is 0. The first-order chi connectivity index (χ1) is 16.6. The molecule has 3 aromatic rings. The minimum absolute atomic E-state index is 0.0797. The van der Waals surface area contributed by atoms with Gasteiger partial charge in [0.25, 0.3) is 5.91 Å². The molecule has 0 radical (unpaired) electrons. The highest BCUT2D eigenvalue weighted by molar-refractivity contribution is 6.15. The van der Waals surface area contributed by atoms with Crippen molar-refractivity contribution in [1.29, 1.82) is 0 Å². The predicted molar refractivity (Wildman–Crippen MR) is 134 cm³/mol. The average molecular weight is 449 g/mol. The molecule has 2 aliphatic heterocycles. The molecule has 1 N–H and O–H groups in total. The second-order valence-electron chi connectivity index (χ2n) is 9.79. The van der Waals surface area contributed by atoms with Gasteiger partial charge >= 0.3 is 0 Å². The summed E-state index contributed by atoms with van der Waals surface area (Å²) in [5.74, 6) is -0.0424. The Morgan fingerprint density at radius 1 is 0.912 bits per heavy atom. The van der Waals surface area contributed by atoms with Crippen LogP contribution in [0.2, 0.25) is 0 Å². The molecule has 1 saturated carbocycles. The van der Waals surface area contributed by atoms with Crippen LogP contribution in [0.15, 0.2) is 90.5 Å². The smallest absolute Gasteiger partial charge is 0.250 e. The fourth-order valence-corrected chi connectivity index (χ4v) is 6.94. The highest BCUT2D eigenvalue weighted by Crippen LogP contribution is 2.66. The molecule has 4 heteroatoms. The van der Waals surface area contributed by atoms with Crippen LogP contribution in [0, 0.1) is 5.41 Å². The first-order valence-corrected chi connectivity index (χ1v) is 12.1. The van der Waals surface area contributed by atoms with Crippen molar-refractivity contribution in [3.63, 3.8) is 0 Å². The Hall–Kier alpha value is -3.50. The summed E-state index contributed by atoms with van der Waals surface area (Å²) in [6.45, 7) is 0.649. The van der Waals surface area contributed by atoms with E-state index >= 15 is 0 Å². The van der Waals surface area contributed by atoms with Crippen molar-refractivity contribution in [3.05, 3.63) is 107 Å². The number of rotatable bonds is 2. The second kappa shape index (κ2) is 7.78. The molecule has 2 spiro atoms. The van der Waals surface area contributed by atoms with Crippen molar-refractivity contribution >= 4 is 23.5 Å². The van der Waals surface area contributed by atoms with Gasteiger partial charge in [-0.3, -0.25) is 14.5 Å². The number of carbonyl (C=O) groups is 2. The number of amides is 1. The largest absolute Gasteiger partial charge is 0.324 e. The molecule has 1 saturated heterocycles. The lowest BCUT2D eigenvalue weighted by Crippen LogP contribution is -2.60. The standard InChI is InChI=1S/C30H28N2O2/c1-32-20-25(22-13-6-3-7-14-22)29(30(32)24-16-8-9-17-26(24)31-28(30)34)18-10-15-23(27(29)33)19-21-11-4-2-5-12-21/h2-9,11-14,16-17,19,25H,10,15,18,20H2,1H3,(H,31,34)/b23-19+/t25-,29+,30+/m1/s1. The fraction of sp³-hybridized carbons (Fsp3) is 0.267. The second-order valence-corrected chi connectivity index (χ2v) is 9.79. The van der Waals surface area contributed by atoms with E-state index in [0.717, 1.165) is 40.8 Å². The van der Waals surface area contributed by atoms with E-state index in [1.54, 1.807) is 0 Å². The molecule has 6 rings (SSSR count). The number of benzene rings is 3.